The fourth-order valence-corrected chi connectivity index (χ4v) is 2.88. The summed E-state index contributed by atoms with van der Waals surface area (Å²) >= 11 is 1.50. The lowest BCUT2D eigenvalue weighted by atomic mass is 10.2. The summed E-state index contributed by atoms with van der Waals surface area (Å²) in [6.45, 7) is 0. The number of para-hydroxylation sites is 1. The van der Waals surface area contributed by atoms with E-state index in [4.69, 9.17) is 9.47 Å². The first-order chi connectivity index (χ1) is 11.2. The second kappa shape index (κ2) is 7.07. The Morgan fingerprint density at radius 1 is 1.04 bits per heavy atom. The average molecular weight is 325 g/mol. The zero-order chi connectivity index (χ0) is 16.1. The van der Waals surface area contributed by atoms with Crippen molar-refractivity contribution in [3.05, 3.63) is 65.7 Å². The van der Waals surface area contributed by atoms with Gasteiger partial charge in [-0.15, -0.1) is 11.3 Å². The van der Waals surface area contributed by atoms with Gasteiger partial charge in [-0.3, -0.25) is 4.79 Å². The largest absolute Gasteiger partial charge is 0.497 e. The van der Waals surface area contributed by atoms with Crippen LogP contribution in [0, 0.1) is 0 Å². The lowest BCUT2D eigenvalue weighted by molar-refractivity contribution is -0.133. The Balaban J connectivity index is 1.65. The second-order valence-corrected chi connectivity index (χ2v) is 5.69. The normalized spacial score (nSPS) is 10.3. The van der Waals surface area contributed by atoms with Crippen LogP contribution in [0.1, 0.15) is 5.69 Å². The van der Waals surface area contributed by atoms with E-state index in [-0.39, 0.29) is 12.4 Å². The summed E-state index contributed by atoms with van der Waals surface area (Å²) in [6, 6.07) is 16.7. The van der Waals surface area contributed by atoms with Crippen molar-refractivity contribution in [2.45, 2.75) is 6.42 Å². The van der Waals surface area contributed by atoms with Gasteiger partial charge in [-0.2, -0.15) is 0 Å². The molecule has 0 aliphatic carbocycles. The third-order valence-corrected chi connectivity index (χ3v) is 4.13. The zero-order valence-electron chi connectivity index (χ0n) is 12.6. The summed E-state index contributed by atoms with van der Waals surface area (Å²) in [5.74, 6) is 1.03. The minimum atomic E-state index is -0.317. The molecule has 1 heterocycles. The van der Waals surface area contributed by atoms with Crippen LogP contribution < -0.4 is 9.47 Å². The molecule has 0 unspecified atom stereocenters. The molecule has 5 heteroatoms. The van der Waals surface area contributed by atoms with Crippen molar-refractivity contribution in [1.82, 2.24) is 4.98 Å². The predicted molar refractivity (Wildman–Crippen MR) is 89.9 cm³/mol. The number of thiazole rings is 1. The van der Waals surface area contributed by atoms with E-state index in [2.05, 4.69) is 4.98 Å². The summed E-state index contributed by atoms with van der Waals surface area (Å²) in [7, 11) is 1.63. The molecule has 0 aliphatic heterocycles. The van der Waals surface area contributed by atoms with Crippen LogP contribution in [0.25, 0.3) is 10.6 Å². The molecular weight excluding hydrogens is 310 g/mol. The second-order valence-electron chi connectivity index (χ2n) is 4.84. The monoisotopic (exact) mass is 325 g/mol. The predicted octanol–water partition coefficient (Wildman–Crippen LogP) is 3.97. The number of ether oxygens (including phenoxy) is 2. The maximum atomic E-state index is 11.9. The Kier molecular flexibility index (Phi) is 4.68. The number of rotatable bonds is 5. The van der Waals surface area contributed by atoms with Gasteiger partial charge in [0.1, 0.15) is 16.5 Å². The molecule has 0 fully saturated rings. The zero-order valence-corrected chi connectivity index (χ0v) is 13.4. The smallest absolute Gasteiger partial charge is 0.317 e. The highest BCUT2D eigenvalue weighted by Crippen LogP contribution is 2.26. The molecule has 0 atom stereocenters. The third-order valence-electron chi connectivity index (χ3n) is 3.19. The Morgan fingerprint density at radius 3 is 2.48 bits per heavy atom. The van der Waals surface area contributed by atoms with E-state index < -0.39 is 0 Å². The van der Waals surface area contributed by atoms with Crippen LogP contribution in [0.15, 0.2) is 60.0 Å². The summed E-state index contributed by atoms with van der Waals surface area (Å²) < 4.78 is 10.4. The first-order valence-electron chi connectivity index (χ1n) is 7.09. The lowest BCUT2D eigenvalue weighted by Gasteiger charge is -2.02. The van der Waals surface area contributed by atoms with Crippen LogP contribution in [0.4, 0.5) is 0 Å². The van der Waals surface area contributed by atoms with Gasteiger partial charge in [-0.25, -0.2) is 4.98 Å². The number of esters is 1. The van der Waals surface area contributed by atoms with E-state index in [0.29, 0.717) is 11.4 Å². The van der Waals surface area contributed by atoms with E-state index in [1.165, 1.54) is 11.3 Å². The molecule has 3 aromatic rings. The molecule has 0 saturated heterocycles. The van der Waals surface area contributed by atoms with Gasteiger partial charge in [-0.05, 0) is 36.4 Å². The molecule has 0 radical (unpaired) electrons. The number of hydrogen-bond donors (Lipinski definition) is 0. The van der Waals surface area contributed by atoms with E-state index >= 15 is 0 Å². The van der Waals surface area contributed by atoms with Crippen molar-refractivity contribution < 1.29 is 14.3 Å². The number of nitrogens with zero attached hydrogens (tertiary/aromatic N) is 1. The SMILES string of the molecule is COc1ccc(-c2nc(CC(=O)Oc3ccccc3)cs2)cc1. The molecule has 0 amide bonds. The lowest BCUT2D eigenvalue weighted by Crippen LogP contribution is -2.11. The van der Waals surface area contributed by atoms with Crippen molar-refractivity contribution >= 4 is 17.3 Å². The summed E-state index contributed by atoms with van der Waals surface area (Å²) in [4.78, 5) is 16.4. The quantitative estimate of drug-likeness (QED) is 0.526. The van der Waals surface area contributed by atoms with Gasteiger partial charge in [0.2, 0.25) is 0 Å². The van der Waals surface area contributed by atoms with Gasteiger partial charge in [-0.1, -0.05) is 18.2 Å². The molecule has 0 saturated carbocycles. The van der Waals surface area contributed by atoms with Gasteiger partial charge in [0.15, 0.2) is 0 Å². The van der Waals surface area contributed by atoms with Crippen LogP contribution in [0.3, 0.4) is 0 Å². The standard InChI is InChI=1S/C18H15NO3S/c1-21-15-9-7-13(8-10-15)18-19-14(12-23-18)11-17(20)22-16-5-3-2-4-6-16/h2-10,12H,11H2,1H3. The molecule has 0 N–H and O–H groups in total. The minimum Gasteiger partial charge on any atom is -0.497 e. The fraction of sp³-hybridized carbons (Fsp3) is 0.111. The van der Waals surface area contributed by atoms with Gasteiger partial charge in [0.25, 0.3) is 0 Å². The average Bonchev–Trinajstić information content (AvgIpc) is 3.04. The van der Waals surface area contributed by atoms with Gasteiger partial charge in [0.05, 0.1) is 19.2 Å². The Hall–Kier alpha value is -2.66. The maximum Gasteiger partial charge on any atom is 0.317 e. The van der Waals surface area contributed by atoms with Crippen molar-refractivity contribution in [1.29, 1.82) is 0 Å². The first-order valence-corrected chi connectivity index (χ1v) is 7.97. The number of benzene rings is 2. The highest BCUT2D eigenvalue weighted by Gasteiger charge is 2.11. The molecule has 2 aromatic carbocycles. The minimum absolute atomic E-state index is 0.154. The van der Waals surface area contributed by atoms with Crippen molar-refractivity contribution in [3.8, 4) is 22.1 Å². The van der Waals surface area contributed by atoms with Gasteiger partial charge >= 0.3 is 5.97 Å². The van der Waals surface area contributed by atoms with Crippen LogP contribution >= 0.6 is 11.3 Å². The molecule has 3 rings (SSSR count). The van der Waals surface area contributed by atoms with Crippen LogP contribution in [0.2, 0.25) is 0 Å². The van der Waals surface area contributed by atoms with Crippen LogP contribution in [-0.2, 0) is 11.2 Å². The molecule has 0 bridgehead atoms. The van der Waals surface area contributed by atoms with Crippen molar-refractivity contribution in [2.75, 3.05) is 7.11 Å². The summed E-state index contributed by atoms with van der Waals surface area (Å²) in [6.07, 6.45) is 0.154. The molecule has 23 heavy (non-hydrogen) atoms. The maximum absolute atomic E-state index is 11.9. The third kappa shape index (κ3) is 3.96. The van der Waals surface area contributed by atoms with Crippen molar-refractivity contribution in [2.24, 2.45) is 0 Å². The molecule has 0 aliphatic rings. The van der Waals surface area contributed by atoms with E-state index in [1.807, 2.05) is 47.8 Å². The number of carbonyl (C=O) groups is 1. The molecule has 4 nitrogen and oxygen atoms in total. The van der Waals surface area contributed by atoms with Gasteiger partial charge < -0.3 is 9.47 Å². The van der Waals surface area contributed by atoms with Crippen LogP contribution in [0.5, 0.6) is 11.5 Å². The number of carbonyl (C=O) groups excluding carboxylic acids is 1. The fourth-order valence-electron chi connectivity index (χ4n) is 2.06. The molecule has 116 valence electrons. The summed E-state index contributed by atoms with van der Waals surface area (Å²) in [5.41, 5.74) is 1.71. The molecule has 1 aromatic heterocycles. The van der Waals surface area contributed by atoms with E-state index in [0.717, 1.165) is 16.3 Å². The highest BCUT2D eigenvalue weighted by atomic mass is 32.1. The Labute approximate surface area is 138 Å². The Bertz CT molecular complexity index is 782. The topological polar surface area (TPSA) is 48.4 Å². The van der Waals surface area contributed by atoms with E-state index in [1.54, 1.807) is 19.2 Å². The van der Waals surface area contributed by atoms with Crippen molar-refractivity contribution in [3.63, 3.8) is 0 Å². The Morgan fingerprint density at radius 2 is 1.78 bits per heavy atom. The summed E-state index contributed by atoms with van der Waals surface area (Å²) in [5, 5.41) is 2.75. The van der Waals surface area contributed by atoms with Gasteiger partial charge in [0, 0.05) is 10.9 Å². The number of aromatic nitrogens is 1. The first kappa shape index (κ1) is 15.2. The molecular formula is C18H15NO3S. The highest BCUT2D eigenvalue weighted by molar-refractivity contribution is 7.13. The number of methoxy groups -OCH3 is 1. The molecule has 0 spiro atoms. The van der Waals surface area contributed by atoms with E-state index in [9.17, 15) is 4.79 Å². The van der Waals surface area contributed by atoms with Crippen LogP contribution in [-0.4, -0.2) is 18.1 Å². The number of hydrogen-bond acceptors (Lipinski definition) is 5.